The Morgan fingerprint density at radius 1 is 1.22 bits per heavy atom. The Balaban J connectivity index is 1.47. The number of methoxy groups -OCH3 is 1. The average Bonchev–Trinajstić information content (AvgIpc) is 3.52. The molecule has 4 aromatic rings. The second-order valence-corrected chi connectivity index (χ2v) is 9.09. The first-order valence-corrected chi connectivity index (χ1v) is 11.9. The van der Waals surface area contributed by atoms with Gasteiger partial charge in [0, 0.05) is 4.88 Å². The fourth-order valence-electron chi connectivity index (χ4n) is 3.23. The number of carbonyl (C=O) groups is 1. The molecule has 1 aliphatic heterocycles. The minimum absolute atomic E-state index is 0.223. The van der Waals surface area contributed by atoms with Crippen LogP contribution in [0.1, 0.15) is 10.8 Å². The van der Waals surface area contributed by atoms with Crippen LogP contribution in [-0.2, 0) is 10.5 Å². The summed E-state index contributed by atoms with van der Waals surface area (Å²) in [6.07, 6.45) is 1.79. The number of thioether (sulfide) groups is 1. The molecule has 5 rings (SSSR count). The summed E-state index contributed by atoms with van der Waals surface area (Å²) in [6, 6.07) is 16.7. The molecule has 3 heterocycles. The van der Waals surface area contributed by atoms with Gasteiger partial charge in [0.25, 0.3) is 5.91 Å². The van der Waals surface area contributed by atoms with Crippen LogP contribution in [0.25, 0.3) is 17.2 Å². The number of amides is 1. The van der Waals surface area contributed by atoms with Crippen LogP contribution in [0, 0.1) is 0 Å². The maximum absolute atomic E-state index is 13.3. The summed E-state index contributed by atoms with van der Waals surface area (Å²) >= 11 is 9.25. The third-order valence-corrected chi connectivity index (χ3v) is 6.75. The van der Waals surface area contributed by atoms with E-state index in [0.29, 0.717) is 39.0 Å². The fourth-order valence-corrected chi connectivity index (χ4v) is 4.99. The smallest absolute Gasteiger partial charge is 0.283 e. The first kappa shape index (κ1) is 20.8. The first-order valence-electron chi connectivity index (χ1n) is 9.61. The number of halogens is 1. The van der Waals surface area contributed by atoms with Gasteiger partial charge < -0.3 is 9.15 Å². The van der Waals surface area contributed by atoms with Gasteiger partial charge >= 0.3 is 0 Å². The van der Waals surface area contributed by atoms with E-state index in [1.165, 1.54) is 11.8 Å². The highest BCUT2D eigenvalue weighted by molar-refractivity contribution is 8.13. The third-order valence-electron chi connectivity index (χ3n) is 4.71. The predicted octanol–water partition coefficient (Wildman–Crippen LogP) is 6.23. The minimum Gasteiger partial charge on any atom is -0.495 e. The average molecular weight is 482 g/mol. The highest BCUT2D eigenvalue weighted by Crippen LogP contribution is 2.35. The van der Waals surface area contributed by atoms with Gasteiger partial charge in [-0.2, -0.15) is 0 Å². The number of carbonyl (C=O) groups excluding carboxylic acids is 1. The molecule has 0 N–H and O–H groups in total. The molecule has 1 amide bonds. The summed E-state index contributed by atoms with van der Waals surface area (Å²) < 4.78 is 11.1. The number of hydrogen-bond acceptors (Lipinski definition) is 7. The zero-order valence-electron chi connectivity index (χ0n) is 16.8. The molecule has 0 spiro atoms. The van der Waals surface area contributed by atoms with E-state index in [0.717, 1.165) is 16.0 Å². The van der Waals surface area contributed by atoms with Gasteiger partial charge in [-0.05, 0) is 47.9 Å². The molecular weight excluding hydrogens is 466 g/mol. The summed E-state index contributed by atoms with van der Waals surface area (Å²) in [5, 5.41) is 2.90. The summed E-state index contributed by atoms with van der Waals surface area (Å²) in [5.74, 6) is 1.30. The molecule has 0 aliphatic carbocycles. The molecule has 32 heavy (non-hydrogen) atoms. The van der Waals surface area contributed by atoms with Gasteiger partial charge in [0.1, 0.15) is 17.0 Å². The number of ether oxygens (including phenoxy) is 1. The lowest BCUT2D eigenvalue weighted by Crippen LogP contribution is -2.30. The van der Waals surface area contributed by atoms with E-state index in [-0.39, 0.29) is 5.91 Å². The standard InChI is InChI=1S/C23H16ClN3O3S2/c1-29-19-9-8-14(11-16(19)24)27-22(28)18(12-15-5-4-10-31-15)26-23(27)32-13-21-25-17-6-2-3-7-20(17)30-21/h2-12H,13H2,1H3/b18-12+. The molecule has 0 fully saturated rings. The van der Waals surface area contributed by atoms with E-state index in [1.807, 2.05) is 41.8 Å². The predicted molar refractivity (Wildman–Crippen MR) is 131 cm³/mol. The van der Waals surface area contributed by atoms with Crippen molar-refractivity contribution in [3.63, 3.8) is 0 Å². The Morgan fingerprint density at radius 2 is 2.09 bits per heavy atom. The van der Waals surface area contributed by atoms with E-state index in [4.69, 9.17) is 20.8 Å². The number of fused-ring (bicyclic) bond motifs is 1. The third kappa shape index (κ3) is 4.04. The van der Waals surface area contributed by atoms with E-state index in [9.17, 15) is 4.79 Å². The van der Waals surface area contributed by atoms with Crippen molar-refractivity contribution in [3.05, 3.63) is 81.5 Å². The van der Waals surface area contributed by atoms with Crippen LogP contribution >= 0.6 is 34.7 Å². The molecule has 160 valence electrons. The van der Waals surface area contributed by atoms with Crippen molar-refractivity contribution in [3.8, 4) is 5.75 Å². The van der Waals surface area contributed by atoms with Crippen LogP contribution in [0.2, 0.25) is 5.02 Å². The van der Waals surface area contributed by atoms with Gasteiger partial charge in [-0.1, -0.05) is 41.6 Å². The van der Waals surface area contributed by atoms with E-state index in [2.05, 4.69) is 9.98 Å². The van der Waals surface area contributed by atoms with Crippen molar-refractivity contribution in [2.24, 2.45) is 4.99 Å². The highest BCUT2D eigenvalue weighted by atomic mass is 35.5. The number of anilines is 1. The SMILES string of the molecule is COc1ccc(N2C(=O)/C(=C\c3cccs3)N=C2SCc2nc3ccccc3o2)cc1Cl. The number of rotatable bonds is 5. The number of benzene rings is 2. The minimum atomic E-state index is -0.223. The zero-order valence-corrected chi connectivity index (χ0v) is 19.2. The lowest BCUT2D eigenvalue weighted by molar-refractivity contribution is -0.113. The Kier molecular flexibility index (Phi) is 5.73. The molecule has 2 aromatic carbocycles. The van der Waals surface area contributed by atoms with Crippen molar-refractivity contribution >= 4 is 68.6 Å². The Labute approximate surface area is 197 Å². The quantitative estimate of drug-likeness (QED) is 0.316. The molecule has 0 bridgehead atoms. The topological polar surface area (TPSA) is 67.9 Å². The molecule has 0 saturated heterocycles. The van der Waals surface area contributed by atoms with Crippen LogP contribution < -0.4 is 9.64 Å². The summed E-state index contributed by atoms with van der Waals surface area (Å²) in [4.78, 5) is 24.9. The van der Waals surface area contributed by atoms with Crippen LogP contribution in [0.4, 0.5) is 5.69 Å². The lowest BCUT2D eigenvalue weighted by atomic mass is 10.2. The van der Waals surface area contributed by atoms with Gasteiger partial charge in [0.15, 0.2) is 10.8 Å². The maximum atomic E-state index is 13.3. The molecule has 6 nitrogen and oxygen atoms in total. The van der Waals surface area contributed by atoms with Crippen LogP contribution in [-0.4, -0.2) is 23.2 Å². The summed E-state index contributed by atoms with van der Waals surface area (Å²) in [5.41, 5.74) is 2.49. The molecule has 0 atom stereocenters. The molecule has 1 aliphatic rings. The van der Waals surface area contributed by atoms with Gasteiger partial charge in [-0.25, -0.2) is 9.98 Å². The Hall–Kier alpha value is -3.07. The number of aromatic nitrogens is 1. The Bertz CT molecular complexity index is 1330. The van der Waals surface area contributed by atoms with Crippen LogP contribution in [0.5, 0.6) is 5.75 Å². The fraction of sp³-hybridized carbons (Fsp3) is 0.0870. The van der Waals surface area contributed by atoms with Gasteiger partial charge in [-0.15, -0.1) is 11.3 Å². The number of nitrogens with zero attached hydrogens (tertiary/aromatic N) is 3. The van der Waals surface area contributed by atoms with Gasteiger partial charge in [0.2, 0.25) is 5.89 Å². The monoisotopic (exact) mass is 481 g/mol. The second kappa shape index (κ2) is 8.82. The van der Waals surface area contributed by atoms with Gasteiger partial charge in [0.05, 0.1) is 23.6 Å². The number of thiophene rings is 1. The number of hydrogen-bond donors (Lipinski definition) is 0. The molecular formula is C23H16ClN3O3S2. The second-order valence-electron chi connectivity index (χ2n) is 6.76. The number of aliphatic imine (C=N–C) groups is 1. The zero-order chi connectivity index (χ0) is 22.1. The lowest BCUT2D eigenvalue weighted by Gasteiger charge is -2.18. The van der Waals surface area contributed by atoms with Crippen molar-refractivity contribution in [2.45, 2.75) is 5.75 Å². The number of amidine groups is 1. The molecule has 9 heteroatoms. The summed E-state index contributed by atoms with van der Waals surface area (Å²) in [7, 11) is 1.55. The van der Waals surface area contributed by atoms with Crippen molar-refractivity contribution in [1.29, 1.82) is 0 Å². The highest BCUT2D eigenvalue weighted by Gasteiger charge is 2.32. The maximum Gasteiger partial charge on any atom is 0.283 e. The van der Waals surface area contributed by atoms with Crippen molar-refractivity contribution in [2.75, 3.05) is 12.0 Å². The Morgan fingerprint density at radius 3 is 2.84 bits per heavy atom. The van der Waals surface area contributed by atoms with E-state index < -0.39 is 0 Å². The van der Waals surface area contributed by atoms with E-state index in [1.54, 1.807) is 47.6 Å². The molecule has 0 unspecified atom stereocenters. The summed E-state index contributed by atoms with van der Waals surface area (Å²) in [6.45, 7) is 0. The van der Waals surface area contributed by atoms with Crippen LogP contribution in [0.15, 0.2) is 75.1 Å². The molecule has 2 aromatic heterocycles. The normalized spacial score (nSPS) is 15.1. The largest absolute Gasteiger partial charge is 0.495 e. The first-order chi connectivity index (χ1) is 15.6. The van der Waals surface area contributed by atoms with Crippen molar-refractivity contribution in [1.82, 2.24) is 4.98 Å². The molecule has 0 saturated carbocycles. The number of oxazole rings is 1. The van der Waals surface area contributed by atoms with Gasteiger partial charge in [-0.3, -0.25) is 9.69 Å². The van der Waals surface area contributed by atoms with E-state index >= 15 is 0 Å². The van der Waals surface area contributed by atoms with Crippen LogP contribution in [0.3, 0.4) is 0 Å². The van der Waals surface area contributed by atoms with Crippen molar-refractivity contribution < 1.29 is 13.9 Å². The number of para-hydroxylation sites is 2. The molecule has 0 radical (unpaired) electrons.